The van der Waals surface area contributed by atoms with Crippen LogP contribution in [0.15, 0.2) is 28.8 Å². The number of benzene rings is 1. The number of carbonyl (C=O) groups excluding carboxylic acids is 2. The second kappa shape index (κ2) is 10.5. The first-order valence-electron chi connectivity index (χ1n) is 10.6. The van der Waals surface area contributed by atoms with Crippen LogP contribution in [0, 0.1) is 6.92 Å². The number of nitrogens with one attached hydrogen (secondary N) is 1. The summed E-state index contributed by atoms with van der Waals surface area (Å²) >= 11 is 16.8. The van der Waals surface area contributed by atoms with E-state index in [1.807, 2.05) is 45.0 Å². The highest BCUT2D eigenvalue weighted by molar-refractivity contribution is 6.67. The van der Waals surface area contributed by atoms with Gasteiger partial charge in [-0.15, -0.1) is 0 Å². The minimum Gasteiger partial charge on any atom is -0.445 e. The van der Waals surface area contributed by atoms with Crippen molar-refractivity contribution in [1.29, 1.82) is 0 Å². The fraction of sp³-hybridized carbons (Fsp3) is 0.500. The Morgan fingerprint density at radius 3 is 2.26 bits per heavy atom. The van der Waals surface area contributed by atoms with Crippen LogP contribution in [-0.4, -0.2) is 64.4 Å². The Kier molecular flexibility index (Phi) is 8.10. The number of rotatable bonds is 4. The van der Waals surface area contributed by atoms with Gasteiger partial charge in [0.2, 0.25) is 9.68 Å². The predicted molar refractivity (Wildman–Crippen MR) is 132 cm³/mol. The van der Waals surface area contributed by atoms with Crippen LogP contribution in [0.2, 0.25) is 0 Å². The number of aryl methyl sites for hydroxylation is 1. The molecule has 1 fully saturated rings. The minimum absolute atomic E-state index is 0.130. The van der Waals surface area contributed by atoms with Gasteiger partial charge in [0.25, 0.3) is 0 Å². The highest BCUT2D eigenvalue weighted by Gasteiger charge is 2.27. The third kappa shape index (κ3) is 7.32. The van der Waals surface area contributed by atoms with Crippen LogP contribution >= 0.6 is 34.8 Å². The molecule has 2 aromatic rings. The Balaban J connectivity index is 1.63. The maximum absolute atomic E-state index is 12.3. The molecule has 3 rings (SSSR count). The molecule has 1 aliphatic heterocycles. The third-order valence-corrected chi connectivity index (χ3v) is 5.23. The first kappa shape index (κ1) is 26.2. The van der Waals surface area contributed by atoms with Gasteiger partial charge in [0, 0.05) is 31.9 Å². The number of hydrogen-bond donors (Lipinski definition) is 1. The van der Waals surface area contributed by atoms with Gasteiger partial charge in [0.1, 0.15) is 12.2 Å². The maximum atomic E-state index is 12.3. The van der Waals surface area contributed by atoms with E-state index in [2.05, 4.69) is 15.4 Å². The molecule has 0 saturated carbocycles. The molecular weight excluding hydrogens is 507 g/mol. The first-order valence-corrected chi connectivity index (χ1v) is 11.8. The molecule has 0 radical (unpaired) electrons. The zero-order chi connectivity index (χ0) is 25.1. The molecular formula is C22H27Cl3N4O5. The van der Waals surface area contributed by atoms with E-state index in [4.69, 9.17) is 48.8 Å². The summed E-state index contributed by atoms with van der Waals surface area (Å²) < 4.78 is 13.9. The SMILES string of the molecule is Cc1noc(NC(=O)OCC(Cl)(Cl)Cl)c1-c1ccc(N2CCN(C(=O)OC(C)(C)C)CC2)cc1. The van der Waals surface area contributed by atoms with Crippen molar-refractivity contribution >= 4 is 58.6 Å². The summed E-state index contributed by atoms with van der Waals surface area (Å²) in [6.07, 6.45) is -1.12. The lowest BCUT2D eigenvalue weighted by molar-refractivity contribution is 0.0240. The lowest BCUT2D eigenvalue weighted by Gasteiger charge is -2.36. The molecule has 0 aliphatic carbocycles. The van der Waals surface area contributed by atoms with Crippen molar-refractivity contribution < 1.29 is 23.6 Å². The summed E-state index contributed by atoms with van der Waals surface area (Å²) in [6, 6.07) is 7.76. The summed E-state index contributed by atoms with van der Waals surface area (Å²) in [4.78, 5) is 28.2. The van der Waals surface area contributed by atoms with Crippen LogP contribution < -0.4 is 10.2 Å². The van der Waals surface area contributed by atoms with E-state index in [0.29, 0.717) is 37.4 Å². The molecule has 0 unspecified atom stereocenters. The van der Waals surface area contributed by atoms with Crippen LogP contribution in [0.1, 0.15) is 26.5 Å². The van der Waals surface area contributed by atoms with Gasteiger partial charge in [-0.2, -0.15) is 0 Å². The molecule has 1 aliphatic rings. The molecule has 34 heavy (non-hydrogen) atoms. The van der Waals surface area contributed by atoms with Crippen molar-refractivity contribution in [2.24, 2.45) is 0 Å². The van der Waals surface area contributed by atoms with Crippen LogP contribution in [0.5, 0.6) is 0 Å². The molecule has 186 valence electrons. The Morgan fingerprint density at radius 2 is 1.71 bits per heavy atom. The van der Waals surface area contributed by atoms with E-state index in [9.17, 15) is 9.59 Å². The summed E-state index contributed by atoms with van der Waals surface area (Å²) in [5.41, 5.74) is 2.50. The second-order valence-electron chi connectivity index (χ2n) is 8.79. The number of carbonyl (C=O) groups is 2. The molecule has 2 amide bonds. The number of anilines is 2. The third-order valence-electron chi connectivity index (χ3n) is 4.90. The molecule has 12 heteroatoms. The van der Waals surface area contributed by atoms with Crippen molar-refractivity contribution in [3.05, 3.63) is 30.0 Å². The van der Waals surface area contributed by atoms with E-state index in [1.54, 1.807) is 11.8 Å². The standard InChI is InChI=1S/C22H27Cl3N4O5/c1-14-17(18(34-27-14)26-19(30)32-13-22(23,24)25)15-5-7-16(8-6-15)28-9-11-29(12-10-28)20(31)33-21(2,3)4/h5-8H,9-13H2,1-4H3,(H,26,30). The number of halogens is 3. The van der Waals surface area contributed by atoms with Crippen LogP contribution in [-0.2, 0) is 9.47 Å². The Bertz CT molecular complexity index is 1010. The fourth-order valence-corrected chi connectivity index (χ4v) is 3.55. The minimum atomic E-state index is -1.72. The van der Waals surface area contributed by atoms with Crippen molar-refractivity contribution in [2.75, 3.05) is 43.0 Å². The van der Waals surface area contributed by atoms with E-state index < -0.39 is 22.1 Å². The number of nitrogens with zero attached hydrogens (tertiary/aromatic N) is 3. The number of piperazine rings is 1. The van der Waals surface area contributed by atoms with Gasteiger partial charge in [-0.3, -0.25) is 5.32 Å². The zero-order valence-corrected chi connectivity index (χ0v) is 21.6. The van der Waals surface area contributed by atoms with Gasteiger partial charge in [-0.1, -0.05) is 52.1 Å². The molecule has 1 aromatic heterocycles. The Labute approximate surface area is 213 Å². The normalized spacial score (nSPS) is 14.7. The number of hydrogen-bond acceptors (Lipinski definition) is 7. The van der Waals surface area contributed by atoms with Crippen molar-refractivity contribution in [3.8, 4) is 11.1 Å². The number of ether oxygens (including phenoxy) is 2. The number of aromatic nitrogens is 1. The summed E-state index contributed by atoms with van der Waals surface area (Å²) in [5, 5.41) is 6.42. The van der Waals surface area contributed by atoms with Crippen molar-refractivity contribution in [3.63, 3.8) is 0 Å². The van der Waals surface area contributed by atoms with E-state index in [1.165, 1.54) is 0 Å². The Hall–Kier alpha value is -2.36. The summed E-state index contributed by atoms with van der Waals surface area (Å²) in [7, 11) is 0. The quantitative estimate of drug-likeness (QED) is 0.509. The number of alkyl halides is 3. The lowest BCUT2D eigenvalue weighted by Crippen LogP contribution is -2.50. The van der Waals surface area contributed by atoms with Crippen molar-refractivity contribution in [1.82, 2.24) is 10.1 Å². The second-order valence-corrected chi connectivity index (χ2v) is 11.3. The van der Waals surface area contributed by atoms with Gasteiger partial charge in [-0.25, -0.2) is 9.59 Å². The zero-order valence-electron chi connectivity index (χ0n) is 19.4. The highest BCUT2D eigenvalue weighted by Crippen LogP contribution is 2.33. The van der Waals surface area contributed by atoms with Gasteiger partial charge >= 0.3 is 12.2 Å². The van der Waals surface area contributed by atoms with E-state index in [0.717, 1.165) is 11.3 Å². The average molecular weight is 534 g/mol. The molecule has 0 bridgehead atoms. The van der Waals surface area contributed by atoms with Gasteiger partial charge < -0.3 is 23.8 Å². The highest BCUT2D eigenvalue weighted by atomic mass is 35.6. The topological polar surface area (TPSA) is 97.1 Å². The predicted octanol–water partition coefficient (Wildman–Crippen LogP) is 5.63. The van der Waals surface area contributed by atoms with E-state index >= 15 is 0 Å². The van der Waals surface area contributed by atoms with Gasteiger partial charge in [0.05, 0.1) is 11.3 Å². The smallest absolute Gasteiger partial charge is 0.414 e. The maximum Gasteiger partial charge on any atom is 0.414 e. The van der Waals surface area contributed by atoms with E-state index in [-0.39, 0.29) is 12.0 Å². The first-order chi connectivity index (χ1) is 15.8. The Morgan fingerprint density at radius 1 is 1.09 bits per heavy atom. The van der Waals surface area contributed by atoms with Gasteiger partial charge in [-0.05, 0) is 45.4 Å². The summed E-state index contributed by atoms with van der Waals surface area (Å²) in [6.45, 7) is 9.44. The number of amides is 2. The molecule has 0 spiro atoms. The van der Waals surface area contributed by atoms with Gasteiger partial charge in [0.15, 0.2) is 0 Å². The van der Waals surface area contributed by atoms with Crippen LogP contribution in [0.4, 0.5) is 21.2 Å². The molecule has 1 N–H and O–H groups in total. The fourth-order valence-electron chi connectivity index (χ4n) is 3.38. The van der Waals surface area contributed by atoms with Crippen LogP contribution in [0.25, 0.3) is 11.1 Å². The van der Waals surface area contributed by atoms with Crippen molar-refractivity contribution in [2.45, 2.75) is 37.1 Å². The van der Waals surface area contributed by atoms with Crippen LogP contribution in [0.3, 0.4) is 0 Å². The average Bonchev–Trinajstić information content (AvgIpc) is 3.10. The lowest BCUT2D eigenvalue weighted by atomic mass is 10.1. The molecule has 9 nitrogen and oxygen atoms in total. The molecule has 1 saturated heterocycles. The largest absolute Gasteiger partial charge is 0.445 e. The monoisotopic (exact) mass is 532 g/mol. The molecule has 2 heterocycles. The summed E-state index contributed by atoms with van der Waals surface area (Å²) in [5.74, 6) is 0.130. The molecule has 0 atom stereocenters. The molecule has 1 aromatic carbocycles.